The Labute approximate surface area is 93.4 Å². The van der Waals surface area contributed by atoms with E-state index in [1.807, 2.05) is 42.5 Å². The van der Waals surface area contributed by atoms with E-state index in [1.165, 1.54) is 0 Å². The lowest BCUT2D eigenvalue weighted by molar-refractivity contribution is 0.0994. The molecular weight excluding hydrogens is 200 g/mol. The Balaban J connectivity index is 0.000000963. The smallest absolute Gasteiger partial charge is 0.168 e. The molecule has 0 atom stereocenters. The van der Waals surface area contributed by atoms with Crippen molar-refractivity contribution < 1.29 is 4.79 Å². The molecule has 0 fully saturated rings. The number of hydrogen-bond acceptors (Lipinski definition) is 2. The minimum atomic E-state index is 0. The third-order valence-electron chi connectivity index (χ3n) is 2.63. The number of Topliss-reactive ketones (excluding diaryl/α,β-unsaturated/α-hetero) is 1. The Kier molecular flexibility index (Phi) is 2.54. The Morgan fingerprint density at radius 2 is 2.00 bits per heavy atom. The summed E-state index contributed by atoms with van der Waals surface area (Å²) >= 11 is 0. The van der Waals surface area contributed by atoms with Gasteiger partial charge in [0.15, 0.2) is 5.78 Å². The SMILES string of the molecule is O=C1CC=Cc2nc3ccccc3cc21.[N]. The second-order valence-corrected chi connectivity index (χ2v) is 3.64. The summed E-state index contributed by atoms with van der Waals surface area (Å²) in [7, 11) is 0. The van der Waals surface area contributed by atoms with Gasteiger partial charge in [0.05, 0.1) is 11.2 Å². The van der Waals surface area contributed by atoms with Gasteiger partial charge in [-0.3, -0.25) is 4.79 Å². The first-order valence-corrected chi connectivity index (χ1v) is 4.94. The number of aromatic nitrogens is 1. The lowest BCUT2D eigenvalue weighted by Crippen LogP contribution is -2.06. The van der Waals surface area contributed by atoms with E-state index >= 15 is 0 Å². The van der Waals surface area contributed by atoms with Crippen LogP contribution in [0, 0.1) is 0 Å². The topological polar surface area (TPSA) is 60.5 Å². The normalized spacial score (nSPS) is 13.4. The highest BCUT2D eigenvalue weighted by molar-refractivity contribution is 6.04. The summed E-state index contributed by atoms with van der Waals surface area (Å²) in [6, 6.07) is 9.79. The van der Waals surface area contributed by atoms with Crippen LogP contribution in [0.5, 0.6) is 0 Å². The molecule has 0 unspecified atom stereocenters. The average Bonchev–Trinajstić information content (AvgIpc) is 2.27. The van der Waals surface area contributed by atoms with Gasteiger partial charge in [-0.05, 0) is 18.2 Å². The van der Waals surface area contributed by atoms with Crippen molar-refractivity contribution >= 4 is 22.8 Å². The predicted molar refractivity (Wildman–Crippen MR) is 61.9 cm³/mol. The summed E-state index contributed by atoms with van der Waals surface area (Å²) in [5.74, 6) is 0.158. The van der Waals surface area contributed by atoms with Crippen molar-refractivity contribution in [3.8, 4) is 0 Å². The van der Waals surface area contributed by atoms with Crippen molar-refractivity contribution in [1.82, 2.24) is 11.1 Å². The highest BCUT2D eigenvalue weighted by Crippen LogP contribution is 2.22. The van der Waals surface area contributed by atoms with Gasteiger partial charge < -0.3 is 0 Å². The molecule has 0 saturated heterocycles. The number of rotatable bonds is 0. The van der Waals surface area contributed by atoms with Gasteiger partial charge in [0, 0.05) is 23.5 Å². The predicted octanol–water partition coefficient (Wildman–Crippen LogP) is 2.35. The Morgan fingerprint density at radius 3 is 2.88 bits per heavy atom. The van der Waals surface area contributed by atoms with Crippen LogP contribution in [0.15, 0.2) is 36.4 Å². The van der Waals surface area contributed by atoms with Crippen LogP contribution < -0.4 is 6.15 Å². The first-order valence-electron chi connectivity index (χ1n) is 4.94. The summed E-state index contributed by atoms with van der Waals surface area (Å²) in [4.78, 5) is 16.1. The molecule has 0 N–H and O–H groups in total. The van der Waals surface area contributed by atoms with Crippen LogP contribution in [-0.2, 0) is 0 Å². The fraction of sp³-hybridized carbons (Fsp3) is 0.0769. The molecular formula is C13H9N2O. The number of fused-ring (bicyclic) bond motifs is 2. The van der Waals surface area contributed by atoms with Crippen molar-refractivity contribution in [1.29, 1.82) is 0 Å². The highest BCUT2D eigenvalue weighted by Gasteiger charge is 2.14. The highest BCUT2D eigenvalue weighted by atomic mass is 16.1. The first-order chi connectivity index (χ1) is 7.34. The van der Waals surface area contributed by atoms with E-state index in [0.29, 0.717) is 6.42 Å². The molecule has 16 heavy (non-hydrogen) atoms. The Hall–Kier alpha value is -2.00. The molecule has 3 heteroatoms. The van der Waals surface area contributed by atoms with Gasteiger partial charge in [-0.15, -0.1) is 0 Å². The van der Waals surface area contributed by atoms with E-state index in [-0.39, 0.29) is 11.9 Å². The average molecular weight is 209 g/mol. The summed E-state index contributed by atoms with van der Waals surface area (Å²) in [5, 5.41) is 1.03. The molecule has 2 aromatic rings. The number of benzene rings is 1. The molecule has 3 rings (SSSR count). The van der Waals surface area contributed by atoms with E-state index in [0.717, 1.165) is 22.2 Å². The van der Waals surface area contributed by atoms with E-state index in [2.05, 4.69) is 4.98 Å². The molecule has 3 nitrogen and oxygen atoms in total. The summed E-state index contributed by atoms with van der Waals surface area (Å²) in [6.45, 7) is 0. The van der Waals surface area contributed by atoms with Gasteiger partial charge >= 0.3 is 0 Å². The molecule has 1 aliphatic rings. The quantitative estimate of drug-likeness (QED) is 0.668. The van der Waals surface area contributed by atoms with Gasteiger partial charge in [-0.1, -0.05) is 24.3 Å². The lowest BCUT2D eigenvalue weighted by Gasteiger charge is -2.09. The second kappa shape index (κ2) is 3.87. The minimum absolute atomic E-state index is 0. The largest absolute Gasteiger partial charge is 0.294 e. The molecule has 1 aromatic carbocycles. The number of pyridine rings is 1. The molecule has 1 aliphatic carbocycles. The number of ketones is 1. The molecule has 0 aliphatic heterocycles. The minimum Gasteiger partial charge on any atom is -0.294 e. The molecule has 0 saturated carbocycles. The molecule has 1 heterocycles. The number of carbonyl (C=O) groups excluding carboxylic acids is 1. The number of para-hydroxylation sites is 1. The number of allylic oxidation sites excluding steroid dienone is 1. The number of carbonyl (C=O) groups is 1. The van der Waals surface area contributed by atoms with E-state index < -0.39 is 0 Å². The fourth-order valence-corrected chi connectivity index (χ4v) is 1.87. The summed E-state index contributed by atoms with van der Waals surface area (Å²) < 4.78 is 0. The molecule has 0 bridgehead atoms. The van der Waals surface area contributed by atoms with Crippen LogP contribution in [-0.4, -0.2) is 10.8 Å². The maximum atomic E-state index is 11.6. The Morgan fingerprint density at radius 1 is 1.19 bits per heavy atom. The zero-order chi connectivity index (χ0) is 10.3. The van der Waals surface area contributed by atoms with Crippen molar-refractivity contribution in [2.75, 3.05) is 0 Å². The lowest BCUT2D eigenvalue weighted by atomic mass is 9.99. The van der Waals surface area contributed by atoms with E-state index in [1.54, 1.807) is 0 Å². The third-order valence-corrected chi connectivity index (χ3v) is 2.63. The molecule has 0 amide bonds. The van der Waals surface area contributed by atoms with Crippen molar-refractivity contribution in [3.63, 3.8) is 0 Å². The van der Waals surface area contributed by atoms with Gasteiger partial charge in [0.1, 0.15) is 0 Å². The van der Waals surface area contributed by atoms with Gasteiger partial charge in [-0.25, -0.2) is 4.98 Å². The number of hydrogen-bond donors (Lipinski definition) is 0. The summed E-state index contributed by atoms with van der Waals surface area (Å²) in [6.07, 6.45) is 4.28. The maximum absolute atomic E-state index is 11.6. The van der Waals surface area contributed by atoms with Gasteiger partial charge in [0.2, 0.25) is 0 Å². The molecule has 1 aromatic heterocycles. The van der Waals surface area contributed by atoms with Crippen LogP contribution in [0.25, 0.3) is 17.0 Å². The molecule has 0 spiro atoms. The van der Waals surface area contributed by atoms with Crippen molar-refractivity contribution in [2.45, 2.75) is 6.42 Å². The first kappa shape index (κ1) is 10.5. The van der Waals surface area contributed by atoms with E-state index in [9.17, 15) is 4.79 Å². The second-order valence-electron chi connectivity index (χ2n) is 3.64. The molecule has 77 valence electrons. The van der Waals surface area contributed by atoms with Gasteiger partial charge in [0.25, 0.3) is 0 Å². The summed E-state index contributed by atoms with van der Waals surface area (Å²) in [5.41, 5.74) is 2.48. The van der Waals surface area contributed by atoms with Crippen LogP contribution in [0.2, 0.25) is 0 Å². The van der Waals surface area contributed by atoms with Crippen molar-refractivity contribution in [2.24, 2.45) is 0 Å². The third kappa shape index (κ3) is 1.51. The Bertz CT molecular complexity index is 588. The standard InChI is InChI=1S/C13H9NO.N/c15-13-7-3-6-12-10(13)8-9-4-1-2-5-11(9)14-12;/h1-6,8H,7H2;. The molecule has 3 radical (unpaired) electrons. The zero-order valence-corrected chi connectivity index (χ0v) is 8.55. The maximum Gasteiger partial charge on any atom is 0.168 e. The van der Waals surface area contributed by atoms with Gasteiger partial charge in [-0.2, -0.15) is 0 Å². The van der Waals surface area contributed by atoms with Crippen LogP contribution in [0.3, 0.4) is 0 Å². The van der Waals surface area contributed by atoms with Crippen LogP contribution in [0.4, 0.5) is 0 Å². The monoisotopic (exact) mass is 209 g/mol. The number of nitrogens with zero attached hydrogens (tertiary/aromatic N) is 2. The zero-order valence-electron chi connectivity index (χ0n) is 8.55. The fourth-order valence-electron chi connectivity index (χ4n) is 1.87. The van der Waals surface area contributed by atoms with Crippen LogP contribution in [0.1, 0.15) is 22.5 Å². The van der Waals surface area contributed by atoms with Crippen LogP contribution >= 0.6 is 0 Å². The van der Waals surface area contributed by atoms with E-state index in [4.69, 9.17) is 0 Å². The van der Waals surface area contributed by atoms with Crippen molar-refractivity contribution in [3.05, 3.63) is 47.7 Å².